The van der Waals surface area contributed by atoms with Gasteiger partial charge in [0.2, 0.25) is 5.43 Å². The Morgan fingerprint density at radius 1 is 1.39 bits per heavy atom. The third kappa shape index (κ3) is 3.15. The second kappa shape index (κ2) is 6.97. The molecular weight excluding hydrogens is 370 g/mol. The molecule has 148 valence electrons. The standard InChI is InChI=1S/C19H20F2N4O3/c20-14-6-12-16(26)13(19(27)28)9-25(11-3-4-11)17(12)23-18(14)24-5-1-2-10(8-24)15(21)7-22/h6,9,11H,1-5,7-8,22H2,(H,27,28)/b15-10-. The van der Waals surface area contributed by atoms with Crippen LogP contribution in [0.15, 0.2) is 28.5 Å². The van der Waals surface area contributed by atoms with Crippen LogP contribution >= 0.6 is 0 Å². The first kappa shape index (κ1) is 18.5. The summed E-state index contributed by atoms with van der Waals surface area (Å²) >= 11 is 0. The summed E-state index contributed by atoms with van der Waals surface area (Å²) in [5, 5.41) is 9.24. The van der Waals surface area contributed by atoms with Crippen LogP contribution in [0.2, 0.25) is 0 Å². The van der Waals surface area contributed by atoms with Gasteiger partial charge < -0.3 is 20.3 Å². The fourth-order valence-electron chi connectivity index (χ4n) is 3.66. The highest BCUT2D eigenvalue weighted by atomic mass is 19.1. The summed E-state index contributed by atoms with van der Waals surface area (Å²) < 4.78 is 30.4. The maximum atomic E-state index is 14.8. The predicted octanol–water partition coefficient (Wildman–Crippen LogP) is 2.35. The summed E-state index contributed by atoms with van der Waals surface area (Å²) in [7, 11) is 0. The van der Waals surface area contributed by atoms with Crippen molar-refractivity contribution >= 4 is 22.8 Å². The Balaban J connectivity index is 1.86. The van der Waals surface area contributed by atoms with Crippen molar-refractivity contribution in [3.05, 3.63) is 45.3 Å². The molecule has 0 radical (unpaired) electrons. The zero-order chi connectivity index (χ0) is 20.0. The summed E-state index contributed by atoms with van der Waals surface area (Å²) in [6, 6.07) is 1.08. The molecule has 9 heteroatoms. The molecule has 0 atom stereocenters. The van der Waals surface area contributed by atoms with Crippen LogP contribution in [-0.4, -0.2) is 40.3 Å². The van der Waals surface area contributed by atoms with E-state index in [1.165, 1.54) is 6.20 Å². The molecule has 0 amide bonds. The number of carboxylic acid groups (broad SMARTS) is 1. The number of hydrogen-bond donors (Lipinski definition) is 2. The number of aromatic carboxylic acids is 1. The largest absolute Gasteiger partial charge is 0.477 e. The number of halogens is 2. The van der Waals surface area contributed by atoms with E-state index >= 15 is 0 Å². The number of pyridine rings is 2. The summed E-state index contributed by atoms with van der Waals surface area (Å²) in [5.74, 6) is -2.45. The van der Waals surface area contributed by atoms with Gasteiger partial charge in [-0.2, -0.15) is 0 Å². The zero-order valence-corrected chi connectivity index (χ0v) is 15.1. The van der Waals surface area contributed by atoms with Crippen molar-refractivity contribution in [2.45, 2.75) is 31.7 Å². The Bertz CT molecular complexity index is 1060. The summed E-state index contributed by atoms with van der Waals surface area (Å²) in [6.07, 6.45) is 4.15. The predicted molar refractivity (Wildman–Crippen MR) is 99.8 cm³/mol. The maximum Gasteiger partial charge on any atom is 0.341 e. The topological polar surface area (TPSA) is 101 Å². The quantitative estimate of drug-likeness (QED) is 0.831. The van der Waals surface area contributed by atoms with Crippen molar-refractivity contribution in [2.75, 3.05) is 24.5 Å². The number of aromatic nitrogens is 2. The maximum absolute atomic E-state index is 14.8. The number of anilines is 1. The first-order chi connectivity index (χ1) is 13.4. The number of rotatable bonds is 4. The molecule has 0 aromatic carbocycles. The Kier molecular flexibility index (Phi) is 4.62. The van der Waals surface area contributed by atoms with E-state index in [9.17, 15) is 23.5 Å². The fourth-order valence-corrected chi connectivity index (χ4v) is 3.66. The molecular formula is C19H20F2N4O3. The van der Waals surface area contributed by atoms with Gasteiger partial charge in [0.05, 0.1) is 5.39 Å². The number of nitrogens with zero attached hydrogens (tertiary/aromatic N) is 3. The van der Waals surface area contributed by atoms with E-state index in [0.717, 1.165) is 18.9 Å². The van der Waals surface area contributed by atoms with E-state index < -0.39 is 28.6 Å². The van der Waals surface area contributed by atoms with Gasteiger partial charge in [-0.05, 0) is 37.3 Å². The molecule has 1 saturated heterocycles. The molecule has 0 spiro atoms. The van der Waals surface area contributed by atoms with Crippen molar-refractivity contribution in [3.63, 3.8) is 0 Å². The first-order valence-corrected chi connectivity index (χ1v) is 9.20. The molecule has 7 nitrogen and oxygen atoms in total. The second-order valence-electron chi connectivity index (χ2n) is 7.22. The van der Waals surface area contributed by atoms with Gasteiger partial charge in [-0.1, -0.05) is 0 Å². The minimum absolute atomic E-state index is 0.0337. The first-order valence-electron chi connectivity index (χ1n) is 9.20. The molecule has 2 aliphatic rings. The lowest BCUT2D eigenvalue weighted by Gasteiger charge is -2.30. The highest BCUT2D eigenvalue weighted by molar-refractivity contribution is 5.92. The van der Waals surface area contributed by atoms with Crippen LogP contribution in [0.5, 0.6) is 0 Å². The number of carboxylic acids is 1. The van der Waals surface area contributed by atoms with E-state index in [4.69, 9.17) is 5.73 Å². The lowest BCUT2D eigenvalue weighted by molar-refractivity contribution is 0.0695. The smallest absolute Gasteiger partial charge is 0.341 e. The van der Waals surface area contributed by atoms with Crippen LogP contribution in [0.3, 0.4) is 0 Å². The highest BCUT2D eigenvalue weighted by Crippen LogP contribution is 2.37. The van der Waals surface area contributed by atoms with Crippen LogP contribution < -0.4 is 16.1 Å². The molecule has 3 heterocycles. The van der Waals surface area contributed by atoms with E-state index in [1.807, 2.05) is 0 Å². The third-order valence-corrected chi connectivity index (χ3v) is 5.26. The normalized spacial score (nSPS) is 19.2. The average Bonchev–Trinajstić information content (AvgIpc) is 3.52. The Hall–Kier alpha value is -2.81. The monoisotopic (exact) mass is 390 g/mol. The van der Waals surface area contributed by atoms with Gasteiger partial charge in [0.25, 0.3) is 0 Å². The van der Waals surface area contributed by atoms with Gasteiger partial charge in [-0.15, -0.1) is 0 Å². The lowest BCUT2D eigenvalue weighted by atomic mass is 10.0. The number of hydrogen-bond acceptors (Lipinski definition) is 5. The van der Waals surface area contributed by atoms with Crippen molar-refractivity contribution in [3.8, 4) is 0 Å². The minimum Gasteiger partial charge on any atom is -0.477 e. The van der Waals surface area contributed by atoms with Gasteiger partial charge in [-0.25, -0.2) is 18.6 Å². The molecule has 2 aromatic heterocycles. The molecule has 0 unspecified atom stereocenters. The number of fused-ring (bicyclic) bond motifs is 1. The molecule has 2 fully saturated rings. The van der Waals surface area contributed by atoms with Crippen LogP contribution in [0, 0.1) is 5.82 Å². The van der Waals surface area contributed by atoms with E-state index in [0.29, 0.717) is 25.0 Å². The van der Waals surface area contributed by atoms with Crippen molar-refractivity contribution < 1.29 is 18.7 Å². The molecule has 1 aliphatic carbocycles. The van der Waals surface area contributed by atoms with Crippen molar-refractivity contribution in [2.24, 2.45) is 5.73 Å². The van der Waals surface area contributed by atoms with Gasteiger partial charge in [0.15, 0.2) is 11.6 Å². The summed E-state index contributed by atoms with van der Waals surface area (Å²) in [4.78, 5) is 29.9. The average molecular weight is 390 g/mol. The third-order valence-electron chi connectivity index (χ3n) is 5.26. The molecule has 1 saturated carbocycles. The van der Waals surface area contributed by atoms with Crippen LogP contribution in [0.25, 0.3) is 11.0 Å². The number of carbonyl (C=O) groups is 1. The molecule has 3 N–H and O–H groups in total. The highest BCUT2D eigenvalue weighted by Gasteiger charge is 2.29. The van der Waals surface area contributed by atoms with Gasteiger partial charge >= 0.3 is 5.97 Å². The summed E-state index contributed by atoms with van der Waals surface area (Å²) in [6.45, 7) is 0.479. The molecule has 28 heavy (non-hydrogen) atoms. The van der Waals surface area contributed by atoms with Crippen LogP contribution in [0.4, 0.5) is 14.6 Å². The van der Waals surface area contributed by atoms with Gasteiger partial charge in [-0.3, -0.25) is 4.79 Å². The SMILES string of the molecule is NC/C(F)=C1\CCCN(c2nc3c(cc2F)c(=O)c(C(=O)O)cn3C2CC2)C1. The molecule has 0 bridgehead atoms. The molecule has 4 rings (SSSR count). The lowest BCUT2D eigenvalue weighted by Crippen LogP contribution is -2.33. The second-order valence-corrected chi connectivity index (χ2v) is 7.22. The zero-order valence-electron chi connectivity index (χ0n) is 15.1. The Morgan fingerprint density at radius 2 is 2.14 bits per heavy atom. The van der Waals surface area contributed by atoms with E-state index in [-0.39, 0.29) is 36.0 Å². The Labute approximate surface area is 159 Å². The van der Waals surface area contributed by atoms with E-state index in [1.54, 1.807) is 9.47 Å². The van der Waals surface area contributed by atoms with Crippen molar-refractivity contribution in [1.82, 2.24) is 9.55 Å². The number of piperidine rings is 1. The van der Waals surface area contributed by atoms with Gasteiger partial charge in [0.1, 0.15) is 17.0 Å². The number of nitrogens with two attached hydrogens (primary N) is 1. The van der Waals surface area contributed by atoms with Crippen LogP contribution in [-0.2, 0) is 0 Å². The van der Waals surface area contributed by atoms with Gasteiger partial charge in [0, 0.05) is 31.9 Å². The van der Waals surface area contributed by atoms with E-state index in [2.05, 4.69) is 4.98 Å². The Morgan fingerprint density at radius 3 is 2.79 bits per heavy atom. The summed E-state index contributed by atoms with van der Waals surface area (Å²) in [5.41, 5.74) is 5.00. The van der Waals surface area contributed by atoms with Crippen LogP contribution in [0.1, 0.15) is 42.1 Å². The molecule has 2 aromatic rings. The van der Waals surface area contributed by atoms with Crippen molar-refractivity contribution in [1.29, 1.82) is 0 Å². The minimum atomic E-state index is -1.35. The fraction of sp³-hybridized carbons (Fsp3) is 0.421. The molecule has 1 aliphatic heterocycles.